The van der Waals surface area contributed by atoms with Crippen LogP contribution in [0.15, 0.2) is 36.4 Å². The van der Waals surface area contributed by atoms with Gasteiger partial charge in [-0.3, -0.25) is 9.59 Å². The van der Waals surface area contributed by atoms with E-state index in [0.29, 0.717) is 6.42 Å². The van der Waals surface area contributed by atoms with Gasteiger partial charge in [0, 0.05) is 44.1 Å². The minimum atomic E-state index is 0.0405. The molecule has 5 heteroatoms. The second kappa shape index (κ2) is 8.31. The highest BCUT2D eigenvalue weighted by Crippen LogP contribution is 2.25. The Morgan fingerprint density at radius 1 is 1.07 bits per heavy atom. The fourth-order valence-corrected chi connectivity index (χ4v) is 4.41. The molecule has 2 saturated heterocycles. The Balaban J connectivity index is 1.40. The van der Waals surface area contributed by atoms with Crippen LogP contribution in [0.25, 0.3) is 10.8 Å². The molecule has 4 rings (SSSR count). The molecule has 5 nitrogen and oxygen atoms in total. The van der Waals surface area contributed by atoms with E-state index in [2.05, 4.69) is 4.90 Å². The molecule has 2 aromatic rings. The van der Waals surface area contributed by atoms with Crippen molar-refractivity contribution >= 4 is 22.5 Å². The Bertz CT molecular complexity index is 879. The fraction of sp³-hybridized carbons (Fsp3) is 0.478. The fourth-order valence-electron chi connectivity index (χ4n) is 4.41. The highest BCUT2D eigenvalue weighted by Gasteiger charge is 2.28. The lowest BCUT2D eigenvalue weighted by molar-refractivity contribution is -0.127. The van der Waals surface area contributed by atoms with Crippen LogP contribution in [0.2, 0.25) is 0 Å². The van der Waals surface area contributed by atoms with E-state index in [-0.39, 0.29) is 17.6 Å². The van der Waals surface area contributed by atoms with Gasteiger partial charge in [-0.15, -0.1) is 0 Å². The number of methoxy groups -OCH3 is 1. The lowest BCUT2D eigenvalue weighted by atomic mass is 9.89. The molecule has 0 bridgehead atoms. The zero-order valence-corrected chi connectivity index (χ0v) is 16.5. The molecule has 0 saturated carbocycles. The third-order valence-corrected chi connectivity index (χ3v) is 6.07. The van der Waals surface area contributed by atoms with Crippen LogP contribution in [0.4, 0.5) is 0 Å². The van der Waals surface area contributed by atoms with Crippen molar-refractivity contribution in [3.8, 4) is 5.75 Å². The number of piperidine rings is 1. The maximum absolute atomic E-state index is 13.1. The van der Waals surface area contributed by atoms with Crippen LogP contribution in [-0.2, 0) is 4.79 Å². The topological polar surface area (TPSA) is 49.9 Å². The van der Waals surface area contributed by atoms with Crippen molar-refractivity contribution in [2.24, 2.45) is 5.92 Å². The second-order valence-electron chi connectivity index (χ2n) is 7.92. The monoisotopic (exact) mass is 380 g/mol. The lowest BCUT2D eigenvalue weighted by Crippen LogP contribution is -2.43. The molecule has 2 fully saturated rings. The number of Topliss-reactive ketones (excluding diaryl/α,β-unsaturated/α-hetero) is 1. The van der Waals surface area contributed by atoms with Gasteiger partial charge < -0.3 is 14.5 Å². The summed E-state index contributed by atoms with van der Waals surface area (Å²) in [5, 5.41) is 2.14. The van der Waals surface area contributed by atoms with Crippen molar-refractivity contribution in [1.29, 1.82) is 0 Å². The Hall–Kier alpha value is -2.40. The van der Waals surface area contributed by atoms with Crippen LogP contribution in [-0.4, -0.2) is 61.3 Å². The number of carbonyl (C=O) groups excluding carboxylic acids is 2. The van der Waals surface area contributed by atoms with E-state index in [4.69, 9.17) is 4.74 Å². The van der Waals surface area contributed by atoms with Crippen molar-refractivity contribution in [3.63, 3.8) is 0 Å². The minimum Gasteiger partial charge on any atom is -0.497 e. The van der Waals surface area contributed by atoms with E-state index in [1.807, 2.05) is 41.3 Å². The number of rotatable bonds is 6. The Morgan fingerprint density at radius 3 is 2.68 bits per heavy atom. The number of benzene rings is 2. The van der Waals surface area contributed by atoms with Gasteiger partial charge in [0.05, 0.1) is 7.11 Å². The number of amides is 1. The van der Waals surface area contributed by atoms with E-state index >= 15 is 0 Å². The first kappa shape index (κ1) is 18.9. The third-order valence-electron chi connectivity index (χ3n) is 6.07. The SMILES string of the molecule is COc1ccc2cc(C(=O)C3CCCN(CCN4CCCC4=O)C3)ccc2c1. The molecule has 2 aromatic carbocycles. The van der Waals surface area contributed by atoms with Crippen LogP contribution < -0.4 is 4.74 Å². The number of nitrogens with zero attached hydrogens (tertiary/aromatic N) is 2. The third kappa shape index (κ3) is 4.04. The highest BCUT2D eigenvalue weighted by molar-refractivity contribution is 6.01. The number of hydrogen-bond acceptors (Lipinski definition) is 4. The lowest BCUT2D eigenvalue weighted by Gasteiger charge is -2.33. The van der Waals surface area contributed by atoms with Crippen molar-refractivity contribution in [2.45, 2.75) is 25.7 Å². The Labute approximate surface area is 166 Å². The Morgan fingerprint density at radius 2 is 1.89 bits per heavy atom. The van der Waals surface area contributed by atoms with Gasteiger partial charge in [-0.05, 0) is 54.8 Å². The average molecular weight is 380 g/mol. The van der Waals surface area contributed by atoms with Crippen LogP contribution in [0, 0.1) is 5.92 Å². The van der Waals surface area contributed by atoms with E-state index < -0.39 is 0 Å². The van der Waals surface area contributed by atoms with E-state index in [1.165, 1.54) is 0 Å². The first-order chi connectivity index (χ1) is 13.6. The second-order valence-corrected chi connectivity index (χ2v) is 7.92. The van der Waals surface area contributed by atoms with Crippen molar-refractivity contribution in [1.82, 2.24) is 9.80 Å². The Kier molecular flexibility index (Phi) is 5.62. The van der Waals surface area contributed by atoms with Crippen molar-refractivity contribution in [3.05, 3.63) is 42.0 Å². The maximum atomic E-state index is 13.1. The number of carbonyl (C=O) groups is 2. The summed E-state index contributed by atoms with van der Waals surface area (Å²) in [6.45, 7) is 4.35. The molecule has 2 aliphatic heterocycles. The first-order valence-electron chi connectivity index (χ1n) is 10.3. The molecule has 1 unspecified atom stereocenters. The quantitative estimate of drug-likeness (QED) is 0.721. The summed E-state index contributed by atoms with van der Waals surface area (Å²) in [6.07, 6.45) is 3.65. The van der Waals surface area contributed by atoms with Gasteiger partial charge in [-0.2, -0.15) is 0 Å². The zero-order valence-electron chi connectivity index (χ0n) is 16.5. The van der Waals surface area contributed by atoms with Crippen LogP contribution in [0.5, 0.6) is 5.75 Å². The molecule has 28 heavy (non-hydrogen) atoms. The highest BCUT2D eigenvalue weighted by atomic mass is 16.5. The summed E-state index contributed by atoms with van der Waals surface area (Å²) in [4.78, 5) is 29.2. The molecule has 0 spiro atoms. The number of hydrogen-bond donors (Lipinski definition) is 0. The average Bonchev–Trinajstić information content (AvgIpc) is 3.15. The molecule has 0 aliphatic carbocycles. The van der Waals surface area contributed by atoms with E-state index in [9.17, 15) is 9.59 Å². The molecule has 148 valence electrons. The maximum Gasteiger partial charge on any atom is 0.222 e. The van der Waals surface area contributed by atoms with E-state index in [1.54, 1.807) is 7.11 Å². The van der Waals surface area contributed by atoms with Crippen LogP contribution in [0.3, 0.4) is 0 Å². The van der Waals surface area contributed by atoms with Gasteiger partial charge in [0.15, 0.2) is 5.78 Å². The molecule has 0 radical (unpaired) electrons. The normalized spacial score (nSPS) is 20.7. The molecule has 2 heterocycles. The first-order valence-corrected chi connectivity index (χ1v) is 10.3. The summed E-state index contributed by atoms with van der Waals surface area (Å²) in [5.74, 6) is 1.38. The molecular formula is C23H28N2O3. The van der Waals surface area contributed by atoms with Crippen LogP contribution in [0.1, 0.15) is 36.0 Å². The zero-order chi connectivity index (χ0) is 19.5. The van der Waals surface area contributed by atoms with E-state index in [0.717, 1.165) is 74.1 Å². The predicted octanol–water partition coefficient (Wildman–Crippen LogP) is 3.37. The molecule has 1 amide bonds. The molecule has 2 aliphatic rings. The number of ether oxygens (including phenoxy) is 1. The number of fused-ring (bicyclic) bond motifs is 1. The van der Waals surface area contributed by atoms with Gasteiger partial charge in [0.25, 0.3) is 0 Å². The van der Waals surface area contributed by atoms with Gasteiger partial charge in [-0.1, -0.05) is 18.2 Å². The summed E-state index contributed by atoms with van der Waals surface area (Å²) in [6, 6.07) is 11.9. The molecule has 1 atom stereocenters. The predicted molar refractivity (Wildman–Crippen MR) is 110 cm³/mol. The molecule has 0 aromatic heterocycles. The molecule has 0 N–H and O–H groups in total. The summed E-state index contributed by atoms with van der Waals surface area (Å²) >= 11 is 0. The summed E-state index contributed by atoms with van der Waals surface area (Å²) in [5.41, 5.74) is 0.791. The van der Waals surface area contributed by atoms with Crippen molar-refractivity contribution < 1.29 is 14.3 Å². The minimum absolute atomic E-state index is 0.0405. The number of likely N-dealkylation sites (tertiary alicyclic amines) is 2. The summed E-state index contributed by atoms with van der Waals surface area (Å²) in [7, 11) is 1.66. The standard InChI is InChI=1S/C23H28N2O3/c1-28-21-9-8-17-14-19(7-6-18(17)15-21)23(27)20-4-2-10-24(16-20)12-13-25-11-3-5-22(25)26/h6-9,14-15,20H,2-5,10-13,16H2,1H3. The van der Waals surface area contributed by atoms with Gasteiger partial charge in [-0.25, -0.2) is 0 Å². The molecular weight excluding hydrogens is 352 g/mol. The number of ketones is 1. The van der Waals surface area contributed by atoms with Gasteiger partial charge in [0.2, 0.25) is 5.91 Å². The smallest absolute Gasteiger partial charge is 0.222 e. The largest absolute Gasteiger partial charge is 0.497 e. The van der Waals surface area contributed by atoms with Crippen LogP contribution >= 0.6 is 0 Å². The van der Waals surface area contributed by atoms with Crippen molar-refractivity contribution in [2.75, 3.05) is 39.8 Å². The van der Waals surface area contributed by atoms with Gasteiger partial charge in [0.1, 0.15) is 5.75 Å². The summed E-state index contributed by atoms with van der Waals surface area (Å²) < 4.78 is 5.28. The van der Waals surface area contributed by atoms with Gasteiger partial charge >= 0.3 is 0 Å².